The molecule has 136 valence electrons. The first kappa shape index (κ1) is 17.0. The number of amides is 1. The van der Waals surface area contributed by atoms with Crippen LogP contribution < -0.4 is 0 Å². The van der Waals surface area contributed by atoms with Crippen molar-refractivity contribution in [2.45, 2.75) is 56.7 Å². The summed E-state index contributed by atoms with van der Waals surface area (Å²) in [6.45, 7) is 4.50. The smallest absolute Gasteiger partial charge is 0.223 e. The van der Waals surface area contributed by atoms with Gasteiger partial charge in [-0.3, -0.25) is 4.79 Å². The maximum Gasteiger partial charge on any atom is 0.223 e. The fourth-order valence-corrected chi connectivity index (χ4v) is 4.78. The van der Waals surface area contributed by atoms with E-state index >= 15 is 0 Å². The molecule has 1 aromatic carbocycles. The van der Waals surface area contributed by atoms with Gasteiger partial charge in [0, 0.05) is 50.8 Å². The molecule has 3 heterocycles. The molecule has 3 fully saturated rings. The molecule has 0 aromatic heterocycles. The molecule has 0 N–H and O–H groups in total. The Labute approximate surface area is 148 Å². The Hall–Kier alpha value is -1.46. The Balaban J connectivity index is 1.43. The molecule has 0 radical (unpaired) electrons. The Kier molecular flexibility index (Phi) is 4.78. The van der Waals surface area contributed by atoms with Crippen molar-refractivity contribution in [3.8, 4) is 0 Å². The van der Waals surface area contributed by atoms with E-state index in [1.54, 1.807) is 12.1 Å². The quantitative estimate of drug-likeness (QED) is 0.844. The van der Waals surface area contributed by atoms with Crippen LogP contribution in [0.5, 0.6) is 0 Å². The zero-order chi connectivity index (χ0) is 17.3. The maximum absolute atomic E-state index is 13.1. The normalized spacial score (nSPS) is 25.0. The lowest BCUT2D eigenvalue weighted by molar-refractivity contribution is -0.133. The van der Waals surface area contributed by atoms with E-state index in [1.165, 1.54) is 12.1 Å². The molecule has 3 saturated heterocycles. The van der Waals surface area contributed by atoms with Crippen LogP contribution >= 0.6 is 0 Å². The average molecular weight is 346 g/mol. The molecular weight excluding hydrogens is 319 g/mol. The minimum absolute atomic E-state index is 0.00708. The molecule has 25 heavy (non-hydrogen) atoms. The zero-order valence-corrected chi connectivity index (χ0v) is 14.8. The number of carbonyl (C=O) groups is 1. The van der Waals surface area contributed by atoms with Gasteiger partial charge in [0.15, 0.2) is 0 Å². The third-order valence-electron chi connectivity index (χ3n) is 6.37. The van der Waals surface area contributed by atoms with Crippen LogP contribution in [0.4, 0.5) is 4.39 Å². The third kappa shape index (κ3) is 3.44. The topological polar surface area (TPSA) is 32.8 Å². The van der Waals surface area contributed by atoms with Crippen molar-refractivity contribution in [1.29, 1.82) is 0 Å². The van der Waals surface area contributed by atoms with E-state index in [4.69, 9.17) is 4.74 Å². The standard InChI is InChI=1S/C20H27FN2O2/c21-17-3-1-16(2-4-17)15-23-19(24)5-8-20(23)9-11-22(12-10-20)18-6-13-25-14-7-18/h1-4,18H,5-15H2. The number of ether oxygens (including phenoxy) is 1. The van der Waals surface area contributed by atoms with Gasteiger partial charge < -0.3 is 14.5 Å². The maximum atomic E-state index is 13.1. The summed E-state index contributed by atoms with van der Waals surface area (Å²) in [4.78, 5) is 17.2. The molecule has 0 saturated carbocycles. The van der Waals surface area contributed by atoms with Gasteiger partial charge in [-0.15, -0.1) is 0 Å². The van der Waals surface area contributed by atoms with Crippen LogP contribution in [-0.4, -0.2) is 53.6 Å². The van der Waals surface area contributed by atoms with Crippen molar-refractivity contribution in [1.82, 2.24) is 9.80 Å². The van der Waals surface area contributed by atoms with Gasteiger partial charge in [0.1, 0.15) is 5.82 Å². The molecule has 0 aliphatic carbocycles. The molecular formula is C20H27FN2O2. The summed E-state index contributed by atoms with van der Waals surface area (Å²) in [6.07, 6.45) is 5.98. The molecule has 0 unspecified atom stereocenters. The SMILES string of the molecule is O=C1CCC2(CCN(C3CCOCC3)CC2)N1Cc1ccc(F)cc1. The highest BCUT2D eigenvalue weighted by Gasteiger charge is 2.47. The first-order chi connectivity index (χ1) is 12.2. The van der Waals surface area contributed by atoms with E-state index in [-0.39, 0.29) is 17.3 Å². The monoisotopic (exact) mass is 346 g/mol. The highest BCUT2D eigenvalue weighted by molar-refractivity contribution is 5.79. The van der Waals surface area contributed by atoms with Gasteiger partial charge in [0.05, 0.1) is 0 Å². The van der Waals surface area contributed by atoms with Crippen LogP contribution in [0.1, 0.15) is 44.1 Å². The van der Waals surface area contributed by atoms with E-state index < -0.39 is 0 Å². The van der Waals surface area contributed by atoms with Gasteiger partial charge in [-0.2, -0.15) is 0 Å². The van der Waals surface area contributed by atoms with Crippen molar-refractivity contribution in [2.24, 2.45) is 0 Å². The predicted octanol–water partition coefficient (Wildman–Crippen LogP) is 2.96. The summed E-state index contributed by atoms with van der Waals surface area (Å²) in [5.74, 6) is 0.0276. The van der Waals surface area contributed by atoms with E-state index in [2.05, 4.69) is 9.80 Å². The number of halogens is 1. The number of benzene rings is 1. The van der Waals surface area contributed by atoms with E-state index in [0.717, 1.165) is 64.0 Å². The van der Waals surface area contributed by atoms with Crippen LogP contribution in [0.25, 0.3) is 0 Å². The second-order valence-corrected chi connectivity index (χ2v) is 7.71. The molecule has 1 amide bonds. The van der Waals surface area contributed by atoms with Gasteiger partial charge >= 0.3 is 0 Å². The predicted molar refractivity (Wildman–Crippen MR) is 93.6 cm³/mol. The summed E-state index contributed by atoms with van der Waals surface area (Å²) in [5.41, 5.74) is 1.02. The highest BCUT2D eigenvalue weighted by Crippen LogP contribution is 2.41. The van der Waals surface area contributed by atoms with Gasteiger partial charge in [0.25, 0.3) is 0 Å². The number of likely N-dealkylation sites (tertiary alicyclic amines) is 2. The summed E-state index contributed by atoms with van der Waals surface area (Å²) < 4.78 is 18.6. The second kappa shape index (κ2) is 7.04. The number of rotatable bonds is 3. The summed E-state index contributed by atoms with van der Waals surface area (Å²) in [6, 6.07) is 7.21. The first-order valence-corrected chi connectivity index (χ1v) is 9.53. The number of carbonyl (C=O) groups excluding carboxylic acids is 1. The molecule has 5 heteroatoms. The Morgan fingerprint density at radius 1 is 1.08 bits per heavy atom. The van der Waals surface area contributed by atoms with Crippen LogP contribution in [0.3, 0.4) is 0 Å². The number of hydrogen-bond donors (Lipinski definition) is 0. The number of nitrogens with zero attached hydrogens (tertiary/aromatic N) is 2. The summed E-state index contributed by atoms with van der Waals surface area (Å²) in [7, 11) is 0. The van der Waals surface area contributed by atoms with Crippen molar-refractivity contribution < 1.29 is 13.9 Å². The first-order valence-electron chi connectivity index (χ1n) is 9.53. The lowest BCUT2D eigenvalue weighted by Crippen LogP contribution is -2.55. The number of hydrogen-bond acceptors (Lipinski definition) is 3. The lowest BCUT2D eigenvalue weighted by atomic mass is 9.83. The molecule has 1 spiro atoms. The van der Waals surface area contributed by atoms with E-state index in [1.807, 2.05) is 0 Å². The zero-order valence-electron chi connectivity index (χ0n) is 14.8. The Morgan fingerprint density at radius 2 is 1.76 bits per heavy atom. The largest absolute Gasteiger partial charge is 0.381 e. The fraction of sp³-hybridized carbons (Fsp3) is 0.650. The van der Waals surface area contributed by atoms with E-state index in [9.17, 15) is 9.18 Å². The van der Waals surface area contributed by atoms with Crippen molar-refractivity contribution in [3.63, 3.8) is 0 Å². The summed E-state index contributed by atoms with van der Waals surface area (Å²) >= 11 is 0. The molecule has 3 aliphatic rings. The van der Waals surface area contributed by atoms with Gasteiger partial charge in [0.2, 0.25) is 5.91 Å². The second-order valence-electron chi connectivity index (χ2n) is 7.71. The Bertz CT molecular complexity index is 605. The van der Waals surface area contributed by atoms with E-state index in [0.29, 0.717) is 19.0 Å². The van der Waals surface area contributed by atoms with Crippen LogP contribution in [0.2, 0.25) is 0 Å². The van der Waals surface area contributed by atoms with Crippen molar-refractivity contribution in [3.05, 3.63) is 35.6 Å². The minimum atomic E-state index is -0.226. The molecule has 4 nitrogen and oxygen atoms in total. The number of piperidine rings is 1. The van der Waals surface area contributed by atoms with Crippen molar-refractivity contribution in [2.75, 3.05) is 26.3 Å². The lowest BCUT2D eigenvalue weighted by Gasteiger charge is -2.47. The average Bonchev–Trinajstić information content (AvgIpc) is 2.94. The van der Waals surface area contributed by atoms with Crippen LogP contribution in [0.15, 0.2) is 24.3 Å². The van der Waals surface area contributed by atoms with Gasteiger partial charge in [-0.1, -0.05) is 12.1 Å². The van der Waals surface area contributed by atoms with Gasteiger partial charge in [-0.05, 0) is 49.8 Å². The van der Waals surface area contributed by atoms with Gasteiger partial charge in [-0.25, -0.2) is 4.39 Å². The fourth-order valence-electron chi connectivity index (χ4n) is 4.78. The molecule has 0 atom stereocenters. The molecule has 3 aliphatic heterocycles. The molecule has 4 rings (SSSR count). The van der Waals surface area contributed by atoms with Crippen LogP contribution in [-0.2, 0) is 16.1 Å². The minimum Gasteiger partial charge on any atom is -0.381 e. The highest BCUT2D eigenvalue weighted by atomic mass is 19.1. The molecule has 0 bridgehead atoms. The molecule has 1 aromatic rings. The third-order valence-corrected chi connectivity index (χ3v) is 6.37. The van der Waals surface area contributed by atoms with Crippen LogP contribution in [0, 0.1) is 5.82 Å². The Morgan fingerprint density at radius 3 is 2.44 bits per heavy atom. The van der Waals surface area contributed by atoms with Crippen molar-refractivity contribution >= 4 is 5.91 Å². The summed E-state index contributed by atoms with van der Waals surface area (Å²) in [5, 5.41) is 0.